The Bertz CT molecular complexity index is 948. The maximum absolute atomic E-state index is 12.3. The van der Waals surface area contributed by atoms with E-state index >= 15 is 0 Å². The van der Waals surface area contributed by atoms with Gasteiger partial charge in [-0.3, -0.25) is 4.79 Å². The zero-order valence-electron chi connectivity index (χ0n) is 15.0. The van der Waals surface area contributed by atoms with Crippen molar-refractivity contribution in [3.8, 4) is 5.75 Å². The second-order valence-corrected chi connectivity index (χ2v) is 6.97. The monoisotopic (exact) mass is 345 g/mol. The fourth-order valence-electron chi connectivity index (χ4n) is 3.63. The van der Waals surface area contributed by atoms with E-state index in [9.17, 15) is 4.79 Å². The second-order valence-electron chi connectivity index (χ2n) is 6.97. The first-order chi connectivity index (χ1) is 12.7. The third-order valence-electron chi connectivity index (χ3n) is 5.09. The molecule has 1 aliphatic rings. The minimum atomic E-state index is -0.105. The fraction of sp³-hybridized carbons (Fsp3) is 0.261. The van der Waals surface area contributed by atoms with E-state index < -0.39 is 0 Å². The van der Waals surface area contributed by atoms with Gasteiger partial charge in [0.2, 0.25) is 0 Å². The Morgan fingerprint density at radius 3 is 2.69 bits per heavy atom. The normalized spacial score (nSPS) is 14.0. The molecule has 1 atom stereocenters. The van der Waals surface area contributed by atoms with Crippen molar-refractivity contribution in [2.75, 3.05) is 6.61 Å². The molecular formula is C23H23NO2. The van der Waals surface area contributed by atoms with Crippen LogP contribution in [0, 0.1) is 0 Å². The largest absolute Gasteiger partial charge is 0.484 e. The second kappa shape index (κ2) is 7.20. The van der Waals surface area contributed by atoms with Crippen LogP contribution in [0.3, 0.4) is 0 Å². The highest BCUT2D eigenvalue weighted by Gasteiger charge is 2.15. The van der Waals surface area contributed by atoms with Gasteiger partial charge >= 0.3 is 0 Å². The first-order valence-corrected chi connectivity index (χ1v) is 9.22. The van der Waals surface area contributed by atoms with Crippen LogP contribution in [0.1, 0.15) is 36.1 Å². The number of amides is 1. The molecule has 3 aromatic rings. The number of rotatable bonds is 5. The quantitative estimate of drug-likeness (QED) is 0.735. The number of aryl methyl sites for hydroxylation is 2. The van der Waals surface area contributed by atoms with E-state index in [0.29, 0.717) is 5.75 Å². The van der Waals surface area contributed by atoms with Gasteiger partial charge in [0.15, 0.2) is 6.61 Å². The van der Waals surface area contributed by atoms with Crippen molar-refractivity contribution in [3.63, 3.8) is 0 Å². The summed E-state index contributed by atoms with van der Waals surface area (Å²) in [7, 11) is 0. The van der Waals surface area contributed by atoms with Crippen LogP contribution in [-0.4, -0.2) is 12.5 Å². The molecule has 3 nitrogen and oxygen atoms in total. The summed E-state index contributed by atoms with van der Waals surface area (Å²) in [5, 5.41) is 5.30. The number of hydrogen-bond acceptors (Lipinski definition) is 2. The van der Waals surface area contributed by atoms with Crippen molar-refractivity contribution >= 4 is 16.7 Å². The molecule has 0 spiro atoms. The van der Waals surface area contributed by atoms with E-state index in [0.717, 1.165) is 22.8 Å². The summed E-state index contributed by atoms with van der Waals surface area (Å²) >= 11 is 0. The van der Waals surface area contributed by atoms with Crippen LogP contribution in [-0.2, 0) is 17.6 Å². The Morgan fingerprint density at radius 2 is 1.81 bits per heavy atom. The van der Waals surface area contributed by atoms with E-state index in [1.165, 1.54) is 24.0 Å². The van der Waals surface area contributed by atoms with Crippen molar-refractivity contribution in [2.24, 2.45) is 0 Å². The van der Waals surface area contributed by atoms with Crippen molar-refractivity contribution in [1.82, 2.24) is 5.32 Å². The van der Waals surface area contributed by atoms with Gasteiger partial charge in [-0.2, -0.15) is 0 Å². The van der Waals surface area contributed by atoms with E-state index in [1.54, 1.807) is 0 Å². The van der Waals surface area contributed by atoms with E-state index in [4.69, 9.17) is 4.74 Å². The van der Waals surface area contributed by atoms with Crippen molar-refractivity contribution < 1.29 is 9.53 Å². The predicted octanol–water partition coefficient (Wildman–Crippen LogP) is 4.58. The molecule has 0 aliphatic heterocycles. The molecule has 0 bridgehead atoms. The lowest BCUT2D eigenvalue weighted by Crippen LogP contribution is -2.31. The maximum Gasteiger partial charge on any atom is 0.258 e. The van der Waals surface area contributed by atoms with Gasteiger partial charge in [-0.1, -0.05) is 48.5 Å². The van der Waals surface area contributed by atoms with Crippen LogP contribution in [0.5, 0.6) is 5.75 Å². The summed E-state index contributed by atoms with van der Waals surface area (Å²) < 4.78 is 5.67. The van der Waals surface area contributed by atoms with E-state index in [1.807, 2.05) is 43.3 Å². The number of nitrogens with one attached hydrogen (secondary N) is 1. The summed E-state index contributed by atoms with van der Waals surface area (Å²) in [6.45, 7) is 2.04. The van der Waals surface area contributed by atoms with Gasteiger partial charge in [0.1, 0.15) is 5.75 Å². The van der Waals surface area contributed by atoms with Crippen molar-refractivity contribution in [3.05, 3.63) is 77.4 Å². The van der Waals surface area contributed by atoms with Crippen LogP contribution in [0.2, 0.25) is 0 Å². The minimum absolute atomic E-state index is 0.0198. The standard InChI is InChI=1S/C23H23NO2/c1-16(19-10-9-18-7-4-8-20(18)13-19)24-23(25)15-26-22-12-11-17-5-2-3-6-21(17)14-22/h2-3,5-6,9-14,16H,4,7-8,15H2,1H3,(H,24,25). The van der Waals surface area contributed by atoms with Crippen molar-refractivity contribution in [1.29, 1.82) is 0 Å². The summed E-state index contributed by atoms with van der Waals surface area (Å²) in [6, 6.07) is 20.5. The molecule has 1 N–H and O–H groups in total. The topological polar surface area (TPSA) is 38.3 Å². The Balaban J connectivity index is 1.35. The van der Waals surface area contributed by atoms with Gasteiger partial charge < -0.3 is 10.1 Å². The highest BCUT2D eigenvalue weighted by atomic mass is 16.5. The average Bonchev–Trinajstić information content (AvgIpc) is 3.14. The SMILES string of the molecule is CC(NC(=O)COc1ccc2ccccc2c1)c1ccc2c(c1)CCC2. The van der Waals surface area contributed by atoms with Gasteiger partial charge in [0.25, 0.3) is 5.91 Å². The lowest BCUT2D eigenvalue weighted by molar-refractivity contribution is -0.123. The van der Waals surface area contributed by atoms with Gasteiger partial charge in [-0.25, -0.2) is 0 Å². The molecule has 3 heteroatoms. The van der Waals surface area contributed by atoms with Crippen LogP contribution in [0.15, 0.2) is 60.7 Å². The number of carbonyl (C=O) groups excluding carboxylic acids is 1. The molecular weight excluding hydrogens is 322 g/mol. The smallest absolute Gasteiger partial charge is 0.258 e. The number of fused-ring (bicyclic) bond motifs is 2. The third-order valence-corrected chi connectivity index (χ3v) is 5.09. The Labute approximate surface area is 154 Å². The van der Waals surface area contributed by atoms with Gasteiger partial charge in [-0.05, 0) is 65.8 Å². The van der Waals surface area contributed by atoms with Crippen LogP contribution in [0.25, 0.3) is 10.8 Å². The summed E-state index contributed by atoms with van der Waals surface area (Å²) in [6.07, 6.45) is 3.56. The van der Waals surface area contributed by atoms with Crippen LogP contribution < -0.4 is 10.1 Å². The highest BCUT2D eigenvalue weighted by molar-refractivity contribution is 5.84. The lowest BCUT2D eigenvalue weighted by atomic mass is 10.0. The zero-order chi connectivity index (χ0) is 17.9. The summed E-state index contributed by atoms with van der Waals surface area (Å²) in [4.78, 5) is 12.3. The summed E-state index contributed by atoms with van der Waals surface area (Å²) in [5.74, 6) is 0.607. The number of benzene rings is 3. The van der Waals surface area contributed by atoms with Gasteiger partial charge in [-0.15, -0.1) is 0 Å². The number of ether oxygens (including phenoxy) is 1. The van der Waals surface area contributed by atoms with E-state index in [-0.39, 0.29) is 18.6 Å². The molecule has 0 saturated heterocycles. The lowest BCUT2D eigenvalue weighted by Gasteiger charge is -2.16. The molecule has 1 aliphatic carbocycles. The Kier molecular flexibility index (Phi) is 4.61. The predicted molar refractivity (Wildman–Crippen MR) is 104 cm³/mol. The fourth-order valence-corrected chi connectivity index (χ4v) is 3.63. The van der Waals surface area contributed by atoms with Gasteiger partial charge in [0.05, 0.1) is 6.04 Å². The minimum Gasteiger partial charge on any atom is -0.484 e. The van der Waals surface area contributed by atoms with Crippen LogP contribution in [0.4, 0.5) is 0 Å². The van der Waals surface area contributed by atoms with Crippen LogP contribution >= 0.6 is 0 Å². The zero-order valence-corrected chi connectivity index (χ0v) is 15.0. The molecule has 26 heavy (non-hydrogen) atoms. The molecule has 0 saturated carbocycles. The molecule has 0 heterocycles. The molecule has 132 valence electrons. The van der Waals surface area contributed by atoms with Gasteiger partial charge in [0, 0.05) is 0 Å². The molecule has 0 fully saturated rings. The molecule has 4 rings (SSSR count). The molecule has 1 unspecified atom stereocenters. The average molecular weight is 345 g/mol. The summed E-state index contributed by atoms with van der Waals surface area (Å²) in [5.41, 5.74) is 4.03. The van der Waals surface area contributed by atoms with E-state index in [2.05, 4.69) is 29.6 Å². The Morgan fingerprint density at radius 1 is 1.00 bits per heavy atom. The molecule has 0 radical (unpaired) electrons. The first-order valence-electron chi connectivity index (χ1n) is 9.22. The maximum atomic E-state index is 12.3. The molecule has 3 aromatic carbocycles. The first kappa shape index (κ1) is 16.6. The Hall–Kier alpha value is -2.81. The highest BCUT2D eigenvalue weighted by Crippen LogP contribution is 2.25. The number of hydrogen-bond donors (Lipinski definition) is 1. The number of carbonyl (C=O) groups is 1. The third kappa shape index (κ3) is 3.57. The molecule has 1 amide bonds. The molecule has 0 aromatic heterocycles. The van der Waals surface area contributed by atoms with Crippen molar-refractivity contribution in [2.45, 2.75) is 32.2 Å².